The fraction of sp³-hybridized carbons (Fsp3) is 0.0667. The van der Waals surface area contributed by atoms with Crippen LogP contribution in [-0.4, -0.2) is 15.5 Å². The Hall–Kier alpha value is -2.14. The SMILES string of the molecule is COc1ccc(S(=O)(=O)/C=C/c2ccccc2F)cc1. The van der Waals surface area contributed by atoms with Crippen molar-refractivity contribution in [3.05, 3.63) is 65.3 Å². The van der Waals surface area contributed by atoms with Gasteiger partial charge < -0.3 is 4.74 Å². The summed E-state index contributed by atoms with van der Waals surface area (Å²) in [5.41, 5.74) is 0.226. The number of hydrogen-bond donors (Lipinski definition) is 0. The number of ether oxygens (including phenoxy) is 1. The average Bonchev–Trinajstić information content (AvgIpc) is 2.46. The lowest BCUT2D eigenvalue weighted by Gasteiger charge is -2.02. The van der Waals surface area contributed by atoms with E-state index in [0.717, 1.165) is 5.41 Å². The lowest BCUT2D eigenvalue weighted by atomic mass is 10.2. The Morgan fingerprint density at radius 2 is 1.70 bits per heavy atom. The highest BCUT2D eigenvalue weighted by molar-refractivity contribution is 7.94. The minimum Gasteiger partial charge on any atom is -0.497 e. The number of hydrogen-bond acceptors (Lipinski definition) is 3. The first-order chi connectivity index (χ1) is 9.53. The predicted molar refractivity (Wildman–Crippen MR) is 75.6 cm³/mol. The second kappa shape index (κ2) is 5.88. The number of sulfone groups is 1. The van der Waals surface area contributed by atoms with Crippen LogP contribution in [0.2, 0.25) is 0 Å². The summed E-state index contributed by atoms with van der Waals surface area (Å²) in [6.07, 6.45) is 1.24. The summed E-state index contributed by atoms with van der Waals surface area (Å²) in [6.45, 7) is 0. The summed E-state index contributed by atoms with van der Waals surface area (Å²) in [7, 11) is -2.10. The lowest BCUT2D eigenvalue weighted by molar-refractivity contribution is 0.414. The Labute approximate surface area is 117 Å². The van der Waals surface area contributed by atoms with Crippen molar-refractivity contribution >= 4 is 15.9 Å². The second-order valence-corrected chi connectivity index (χ2v) is 5.88. The van der Waals surface area contributed by atoms with Crippen molar-refractivity contribution in [1.29, 1.82) is 0 Å². The van der Waals surface area contributed by atoms with Gasteiger partial charge in [-0.25, -0.2) is 12.8 Å². The molecule has 0 saturated carbocycles. The molecule has 5 heteroatoms. The topological polar surface area (TPSA) is 43.4 Å². The fourth-order valence-electron chi connectivity index (χ4n) is 1.62. The molecule has 3 nitrogen and oxygen atoms in total. The monoisotopic (exact) mass is 292 g/mol. The van der Waals surface area contributed by atoms with Crippen LogP contribution in [0.1, 0.15) is 5.56 Å². The molecule has 0 unspecified atom stereocenters. The molecule has 2 rings (SSSR count). The molecule has 104 valence electrons. The van der Waals surface area contributed by atoms with E-state index in [1.54, 1.807) is 24.3 Å². The van der Waals surface area contributed by atoms with Crippen LogP contribution in [0, 0.1) is 5.82 Å². The highest BCUT2D eigenvalue weighted by Gasteiger charge is 2.10. The summed E-state index contributed by atoms with van der Waals surface area (Å²) < 4.78 is 42.5. The van der Waals surface area contributed by atoms with Gasteiger partial charge in [0.2, 0.25) is 0 Å². The standard InChI is InChI=1S/C15H13FO3S/c1-19-13-6-8-14(9-7-13)20(17,18)11-10-12-4-2-3-5-15(12)16/h2-11H,1H3/b11-10+. The summed E-state index contributed by atoms with van der Waals surface area (Å²) in [5, 5.41) is 0.993. The molecule has 2 aromatic rings. The molecule has 0 aliphatic carbocycles. The molecule has 0 aliphatic rings. The van der Waals surface area contributed by atoms with E-state index in [9.17, 15) is 12.8 Å². The Kier molecular flexibility index (Phi) is 4.20. The highest BCUT2D eigenvalue weighted by atomic mass is 32.2. The molecule has 0 radical (unpaired) electrons. The first kappa shape index (κ1) is 14.3. The van der Waals surface area contributed by atoms with Gasteiger partial charge in [-0.1, -0.05) is 18.2 Å². The van der Waals surface area contributed by atoms with E-state index in [1.165, 1.54) is 37.5 Å². The molecular weight excluding hydrogens is 279 g/mol. The van der Waals surface area contributed by atoms with E-state index in [2.05, 4.69) is 0 Å². The molecule has 0 bridgehead atoms. The van der Waals surface area contributed by atoms with Gasteiger partial charge in [0, 0.05) is 11.0 Å². The van der Waals surface area contributed by atoms with Crippen molar-refractivity contribution in [3.63, 3.8) is 0 Å². The lowest BCUT2D eigenvalue weighted by Crippen LogP contribution is -1.96. The van der Waals surface area contributed by atoms with E-state index >= 15 is 0 Å². The summed E-state index contributed by atoms with van der Waals surface area (Å²) in [5.74, 6) is 0.107. The van der Waals surface area contributed by atoms with Crippen LogP contribution in [0.5, 0.6) is 5.75 Å². The van der Waals surface area contributed by atoms with Gasteiger partial charge in [-0.2, -0.15) is 0 Å². The first-order valence-corrected chi connectivity index (χ1v) is 7.39. The normalized spacial score (nSPS) is 11.7. The zero-order valence-electron chi connectivity index (χ0n) is 10.8. The largest absolute Gasteiger partial charge is 0.497 e. The number of methoxy groups -OCH3 is 1. The van der Waals surface area contributed by atoms with Gasteiger partial charge in [-0.05, 0) is 36.4 Å². The van der Waals surface area contributed by atoms with Gasteiger partial charge in [0.25, 0.3) is 0 Å². The van der Waals surface area contributed by atoms with E-state index in [0.29, 0.717) is 5.75 Å². The maximum atomic E-state index is 13.4. The molecule has 0 aromatic heterocycles. The van der Waals surface area contributed by atoms with Gasteiger partial charge in [0.15, 0.2) is 9.84 Å². The van der Waals surface area contributed by atoms with Crippen LogP contribution in [0.15, 0.2) is 58.8 Å². The molecule has 0 N–H and O–H groups in total. The molecule has 2 aromatic carbocycles. The van der Waals surface area contributed by atoms with Crippen LogP contribution in [0.4, 0.5) is 4.39 Å². The molecule has 20 heavy (non-hydrogen) atoms. The zero-order chi connectivity index (χ0) is 14.6. The van der Waals surface area contributed by atoms with Crippen LogP contribution in [0.3, 0.4) is 0 Å². The maximum Gasteiger partial charge on any atom is 0.199 e. The minimum absolute atomic E-state index is 0.130. The van der Waals surface area contributed by atoms with Crippen molar-refractivity contribution < 1.29 is 17.5 Å². The van der Waals surface area contributed by atoms with Crippen molar-refractivity contribution in [2.45, 2.75) is 4.90 Å². The number of benzene rings is 2. The molecule has 0 amide bonds. The van der Waals surface area contributed by atoms with Crippen molar-refractivity contribution in [3.8, 4) is 5.75 Å². The Morgan fingerprint density at radius 3 is 2.30 bits per heavy atom. The Bertz CT molecular complexity index is 719. The van der Waals surface area contributed by atoms with Crippen LogP contribution < -0.4 is 4.74 Å². The third-order valence-electron chi connectivity index (χ3n) is 2.72. The van der Waals surface area contributed by atoms with Crippen molar-refractivity contribution in [2.24, 2.45) is 0 Å². The van der Waals surface area contributed by atoms with E-state index in [1.807, 2.05) is 0 Å². The van der Waals surface area contributed by atoms with Gasteiger partial charge in [-0.3, -0.25) is 0 Å². The minimum atomic E-state index is -3.60. The first-order valence-electron chi connectivity index (χ1n) is 5.85. The Morgan fingerprint density at radius 1 is 1.05 bits per heavy atom. The number of rotatable bonds is 4. The fourth-order valence-corrected chi connectivity index (χ4v) is 2.62. The van der Waals surface area contributed by atoms with Gasteiger partial charge in [0.05, 0.1) is 12.0 Å². The summed E-state index contributed by atoms with van der Waals surface area (Å²) in [6, 6.07) is 12.0. The van der Waals surface area contributed by atoms with Crippen molar-refractivity contribution in [2.75, 3.05) is 7.11 Å². The Balaban J connectivity index is 2.29. The van der Waals surface area contributed by atoms with E-state index < -0.39 is 15.7 Å². The van der Waals surface area contributed by atoms with Crippen LogP contribution >= 0.6 is 0 Å². The molecule has 0 saturated heterocycles. The van der Waals surface area contributed by atoms with Crippen LogP contribution in [-0.2, 0) is 9.84 Å². The quantitative estimate of drug-likeness (QED) is 0.868. The third kappa shape index (κ3) is 3.24. The zero-order valence-corrected chi connectivity index (χ0v) is 11.6. The molecule has 0 atom stereocenters. The molecule has 0 fully saturated rings. The second-order valence-electron chi connectivity index (χ2n) is 4.04. The average molecular weight is 292 g/mol. The van der Waals surface area contributed by atoms with Crippen LogP contribution in [0.25, 0.3) is 6.08 Å². The van der Waals surface area contributed by atoms with E-state index in [4.69, 9.17) is 4.74 Å². The highest BCUT2D eigenvalue weighted by Crippen LogP contribution is 2.18. The summed E-state index contributed by atoms with van der Waals surface area (Å²) >= 11 is 0. The molecule has 0 spiro atoms. The predicted octanol–water partition coefficient (Wildman–Crippen LogP) is 3.28. The van der Waals surface area contributed by atoms with Crippen molar-refractivity contribution in [1.82, 2.24) is 0 Å². The molecule has 0 aliphatic heterocycles. The third-order valence-corrected chi connectivity index (χ3v) is 4.14. The van der Waals surface area contributed by atoms with Gasteiger partial charge in [0.1, 0.15) is 11.6 Å². The smallest absolute Gasteiger partial charge is 0.199 e. The molecular formula is C15H13FO3S. The maximum absolute atomic E-state index is 13.4. The number of halogens is 1. The van der Waals surface area contributed by atoms with Gasteiger partial charge in [-0.15, -0.1) is 0 Å². The van der Waals surface area contributed by atoms with E-state index in [-0.39, 0.29) is 10.5 Å². The summed E-state index contributed by atoms with van der Waals surface area (Å²) in [4.78, 5) is 0.130. The molecule has 0 heterocycles. The van der Waals surface area contributed by atoms with Gasteiger partial charge >= 0.3 is 0 Å².